The molecule has 9 heteroatoms. The Bertz CT molecular complexity index is 1560. The van der Waals surface area contributed by atoms with Crippen LogP contribution in [0.5, 0.6) is 0 Å². The van der Waals surface area contributed by atoms with Gasteiger partial charge >= 0.3 is 0 Å². The highest BCUT2D eigenvalue weighted by molar-refractivity contribution is 7.89. The van der Waals surface area contributed by atoms with E-state index < -0.39 is 15.6 Å². The number of nitrogens with zero attached hydrogens (tertiary/aromatic N) is 2. The van der Waals surface area contributed by atoms with Crippen LogP contribution in [0.1, 0.15) is 36.0 Å². The van der Waals surface area contributed by atoms with E-state index in [1.54, 1.807) is 87.5 Å². The molecule has 1 heterocycles. The quantitative estimate of drug-likeness (QED) is 0.343. The van der Waals surface area contributed by atoms with E-state index in [0.29, 0.717) is 32.3 Å². The van der Waals surface area contributed by atoms with Gasteiger partial charge in [0.15, 0.2) is 0 Å². The maximum atomic E-state index is 13.0. The standard InChI is InChI=1S/C27H24N4O3S2/c1-27(2,3)31-36(33,34)24-10-5-4-9-22(24)19-11-13-21(14-12-19)30-25(32)23-17-29-26(35-23)20-8-6-7-18(15-20)16-28/h4-15,17,31H,1-3H3,(H,30,32). The zero-order valence-electron chi connectivity index (χ0n) is 19.9. The second kappa shape index (κ2) is 10.0. The highest BCUT2D eigenvalue weighted by Crippen LogP contribution is 2.30. The third-order valence-corrected chi connectivity index (χ3v) is 7.90. The van der Waals surface area contributed by atoms with E-state index in [1.807, 2.05) is 6.07 Å². The van der Waals surface area contributed by atoms with Gasteiger partial charge in [0.25, 0.3) is 5.91 Å². The Morgan fingerprint density at radius 2 is 1.69 bits per heavy atom. The minimum atomic E-state index is -3.73. The Balaban J connectivity index is 1.52. The third-order valence-electron chi connectivity index (χ3n) is 5.04. The molecule has 0 radical (unpaired) electrons. The van der Waals surface area contributed by atoms with Gasteiger partial charge in [0.05, 0.1) is 22.7 Å². The Labute approximate surface area is 214 Å². The summed E-state index contributed by atoms with van der Waals surface area (Å²) in [6.07, 6.45) is 1.51. The fourth-order valence-corrected chi connectivity index (χ4v) is 6.01. The van der Waals surface area contributed by atoms with E-state index in [1.165, 1.54) is 17.5 Å². The molecule has 0 unspecified atom stereocenters. The van der Waals surface area contributed by atoms with Gasteiger partial charge in [-0.15, -0.1) is 11.3 Å². The van der Waals surface area contributed by atoms with Crippen molar-refractivity contribution in [3.63, 3.8) is 0 Å². The number of aromatic nitrogens is 1. The van der Waals surface area contributed by atoms with E-state index in [4.69, 9.17) is 5.26 Å². The fourth-order valence-electron chi connectivity index (χ4n) is 3.56. The molecule has 0 atom stereocenters. The predicted octanol–water partition coefficient (Wildman–Crippen LogP) is 5.68. The van der Waals surface area contributed by atoms with E-state index in [2.05, 4.69) is 21.1 Å². The summed E-state index contributed by atoms with van der Waals surface area (Å²) < 4.78 is 28.6. The van der Waals surface area contributed by atoms with Crippen LogP contribution < -0.4 is 10.0 Å². The summed E-state index contributed by atoms with van der Waals surface area (Å²) in [7, 11) is -3.73. The van der Waals surface area contributed by atoms with Gasteiger partial charge in [-0.1, -0.05) is 42.5 Å². The number of hydrogen-bond donors (Lipinski definition) is 2. The second-order valence-corrected chi connectivity index (χ2v) is 11.8. The summed E-state index contributed by atoms with van der Waals surface area (Å²) in [4.78, 5) is 17.7. The molecule has 3 aromatic carbocycles. The molecule has 4 rings (SSSR count). The normalized spacial score (nSPS) is 11.6. The number of nitrogens with one attached hydrogen (secondary N) is 2. The van der Waals surface area contributed by atoms with Crippen molar-refractivity contribution in [2.75, 3.05) is 5.32 Å². The largest absolute Gasteiger partial charge is 0.321 e. The second-order valence-electron chi connectivity index (χ2n) is 9.11. The van der Waals surface area contributed by atoms with Gasteiger partial charge in [-0.3, -0.25) is 4.79 Å². The molecule has 36 heavy (non-hydrogen) atoms. The van der Waals surface area contributed by atoms with E-state index in [-0.39, 0.29) is 10.8 Å². The average Bonchev–Trinajstić information content (AvgIpc) is 3.34. The Hall–Kier alpha value is -3.84. The van der Waals surface area contributed by atoms with Crippen LogP contribution in [0.2, 0.25) is 0 Å². The molecular formula is C27H24N4O3S2. The summed E-state index contributed by atoms with van der Waals surface area (Å²) in [5.41, 5.74) is 2.53. The van der Waals surface area contributed by atoms with Crippen LogP contribution in [-0.2, 0) is 10.0 Å². The number of hydrogen-bond acceptors (Lipinski definition) is 6. The predicted molar refractivity (Wildman–Crippen MR) is 142 cm³/mol. The van der Waals surface area contributed by atoms with Gasteiger partial charge < -0.3 is 5.32 Å². The molecule has 2 N–H and O–H groups in total. The van der Waals surface area contributed by atoms with E-state index >= 15 is 0 Å². The highest BCUT2D eigenvalue weighted by atomic mass is 32.2. The molecule has 4 aromatic rings. The first-order valence-corrected chi connectivity index (χ1v) is 13.4. The maximum Gasteiger partial charge on any atom is 0.267 e. The number of thiazole rings is 1. The molecule has 0 aliphatic heterocycles. The van der Waals surface area contributed by atoms with Crippen molar-refractivity contribution in [2.45, 2.75) is 31.2 Å². The lowest BCUT2D eigenvalue weighted by molar-refractivity contribution is 0.103. The Morgan fingerprint density at radius 3 is 2.39 bits per heavy atom. The van der Waals surface area contributed by atoms with Crippen LogP contribution in [0.4, 0.5) is 5.69 Å². The summed E-state index contributed by atoms with van der Waals surface area (Å²) in [6.45, 7) is 5.38. The number of benzene rings is 3. The molecule has 0 spiro atoms. The molecular weight excluding hydrogens is 492 g/mol. The van der Waals surface area contributed by atoms with Crippen molar-refractivity contribution in [1.29, 1.82) is 5.26 Å². The molecule has 0 bridgehead atoms. The number of carbonyl (C=O) groups excluding carboxylic acids is 1. The zero-order valence-corrected chi connectivity index (χ0v) is 21.6. The topological polar surface area (TPSA) is 112 Å². The molecule has 0 aliphatic rings. The minimum absolute atomic E-state index is 0.189. The van der Waals surface area contributed by atoms with Crippen LogP contribution in [-0.4, -0.2) is 24.8 Å². The lowest BCUT2D eigenvalue weighted by Gasteiger charge is -2.21. The highest BCUT2D eigenvalue weighted by Gasteiger charge is 2.24. The number of amides is 1. The van der Waals surface area contributed by atoms with Crippen LogP contribution >= 0.6 is 11.3 Å². The van der Waals surface area contributed by atoms with Gasteiger partial charge in [0.2, 0.25) is 10.0 Å². The fraction of sp³-hybridized carbons (Fsp3) is 0.148. The molecule has 0 fully saturated rings. The summed E-state index contributed by atoms with van der Waals surface area (Å²) in [5, 5.41) is 12.6. The lowest BCUT2D eigenvalue weighted by Crippen LogP contribution is -2.40. The molecule has 182 valence electrons. The minimum Gasteiger partial charge on any atom is -0.321 e. The molecule has 0 saturated heterocycles. The van der Waals surface area contributed by atoms with Crippen LogP contribution in [0.15, 0.2) is 83.9 Å². The van der Waals surface area contributed by atoms with Crippen molar-refractivity contribution in [3.8, 4) is 27.8 Å². The molecule has 0 aliphatic carbocycles. The van der Waals surface area contributed by atoms with Gasteiger partial charge in [0.1, 0.15) is 9.88 Å². The molecule has 1 amide bonds. The van der Waals surface area contributed by atoms with Crippen molar-refractivity contribution >= 4 is 33.0 Å². The van der Waals surface area contributed by atoms with Crippen LogP contribution in [0, 0.1) is 11.3 Å². The molecule has 1 aromatic heterocycles. The van der Waals surface area contributed by atoms with Crippen molar-refractivity contribution in [1.82, 2.24) is 9.71 Å². The smallest absolute Gasteiger partial charge is 0.267 e. The first-order chi connectivity index (χ1) is 17.1. The lowest BCUT2D eigenvalue weighted by atomic mass is 10.1. The van der Waals surface area contributed by atoms with Gasteiger partial charge in [-0.25, -0.2) is 18.1 Å². The third kappa shape index (κ3) is 5.86. The maximum absolute atomic E-state index is 13.0. The van der Waals surface area contributed by atoms with Gasteiger partial charge in [0, 0.05) is 22.4 Å². The first-order valence-electron chi connectivity index (χ1n) is 11.1. The van der Waals surface area contributed by atoms with Gasteiger partial charge in [-0.05, 0) is 56.7 Å². The summed E-state index contributed by atoms with van der Waals surface area (Å²) in [5.74, 6) is -0.305. The Morgan fingerprint density at radius 1 is 0.972 bits per heavy atom. The van der Waals surface area contributed by atoms with Crippen molar-refractivity contribution < 1.29 is 13.2 Å². The van der Waals surface area contributed by atoms with E-state index in [0.717, 1.165) is 5.56 Å². The number of rotatable bonds is 6. The average molecular weight is 517 g/mol. The van der Waals surface area contributed by atoms with Crippen LogP contribution in [0.25, 0.3) is 21.7 Å². The monoisotopic (exact) mass is 516 g/mol. The summed E-state index contributed by atoms with van der Waals surface area (Å²) in [6, 6.07) is 23.0. The van der Waals surface area contributed by atoms with Gasteiger partial charge in [-0.2, -0.15) is 5.26 Å². The Kier molecular flexibility index (Phi) is 7.04. The van der Waals surface area contributed by atoms with E-state index in [9.17, 15) is 13.2 Å². The number of sulfonamides is 1. The van der Waals surface area contributed by atoms with Crippen molar-refractivity contribution in [2.24, 2.45) is 0 Å². The van der Waals surface area contributed by atoms with Crippen molar-refractivity contribution in [3.05, 3.63) is 89.4 Å². The van der Waals surface area contributed by atoms with Crippen LogP contribution in [0.3, 0.4) is 0 Å². The number of nitriles is 1. The number of anilines is 1. The SMILES string of the molecule is CC(C)(C)NS(=O)(=O)c1ccccc1-c1ccc(NC(=O)c2cnc(-c3cccc(C#N)c3)s2)cc1. The first kappa shape index (κ1) is 25.3. The molecule has 7 nitrogen and oxygen atoms in total. The number of carbonyl (C=O) groups is 1. The zero-order chi connectivity index (χ0) is 25.9. The summed E-state index contributed by atoms with van der Waals surface area (Å²) >= 11 is 1.24. The molecule has 0 saturated carbocycles.